The van der Waals surface area contributed by atoms with Crippen molar-refractivity contribution >= 4 is 23.6 Å². The Morgan fingerprint density at radius 3 is 1.30 bits per heavy atom. The monoisotopic (exact) mass is 812 g/mol. The second-order valence-corrected chi connectivity index (χ2v) is 16.2. The summed E-state index contributed by atoms with van der Waals surface area (Å²) in [7, 11) is 0. The van der Waals surface area contributed by atoms with Crippen LogP contribution in [0.3, 0.4) is 0 Å². The van der Waals surface area contributed by atoms with E-state index in [0.717, 1.165) is 69.8 Å². The smallest absolute Gasteiger partial charge is 0.303 e. The molecule has 7 nitrogen and oxygen atoms in total. The van der Waals surface area contributed by atoms with Crippen LogP contribution in [0.4, 0.5) is 8.78 Å². The van der Waals surface area contributed by atoms with Gasteiger partial charge in [0.1, 0.15) is 17.4 Å². The zero-order valence-corrected chi connectivity index (χ0v) is 34.4. The highest BCUT2D eigenvalue weighted by molar-refractivity contribution is 5.94. The molecule has 2 saturated carbocycles. The Labute approximate surface area is 352 Å². The van der Waals surface area contributed by atoms with Gasteiger partial charge in [-0.1, -0.05) is 86.5 Å². The predicted molar refractivity (Wildman–Crippen MR) is 230 cm³/mol. The molecule has 2 fully saturated rings. The van der Waals surface area contributed by atoms with E-state index in [9.17, 15) is 28.0 Å². The number of rotatable bonds is 12. The van der Waals surface area contributed by atoms with E-state index in [1.54, 1.807) is 91.9 Å². The molecular weight excluding hydrogens is 759 g/mol. The van der Waals surface area contributed by atoms with Crippen LogP contribution in [-0.4, -0.2) is 41.8 Å². The van der Waals surface area contributed by atoms with Crippen molar-refractivity contribution in [2.75, 3.05) is 13.1 Å². The molecule has 0 heterocycles. The number of carboxylic acid groups (broad SMARTS) is 1. The van der Waals surface area contributed by atoms with E-state index in [4.69, 9.17) is 5.11 Å². The molecular formula is C51H54F2N2O5. The number of hydrogen-bond acceptors (Lipinski definition) is 4. The van der Waals surface area contributed by atoms with Crippen LogP contribution >= 0.6 is 0 Å². The van der Waals surface area contributed by atoms with E-state index >= 15 is 0 Å². The Morgan fingerprint density at radius 1 is 0.550 bits per heavy atom. The average molecular weight is 813 g/mol. The number of aliphatic carboxylic acids is 1. The molecule has 6 rings (SSSR count). The molecule has 0 bridgehead atoms. The van der Waals surface area contributed by atoms with Crippen LogP contribution in [-0.2, 0) is 9.59 Å². The first-order chi connectivity index (χ1) is 28.9. The molecule has 0 unspecified atom stereocenters. The summed E-state index contributed by atoms with van der Waals surface area (Å²) in [4.78, 5) is 47.7. The van der Waals surface area contributed by atoms with Gasteiger partial charge in [-0.3, -0.25) is 14.4 Å². The Morgan fingerprint density at radius 2 is 0.933 bits per heavy atom. The molecule has 4 aromatic rings. The molecule has 312 valence electrons. The lowest BCUT2D eigenvalue weighted by Gasteiger charge is -2.37. The number of hydrogen-bond donors (Lipinski definition) is 3. The lowest BCUT2D eigenvalue weighted by atomic mass is 9.71. The summed E-state index contributed by atoms with van der Waals surface area (Å²) in [5, 5.41) is 15.1. The Balaban J connectivity index is 0.000000228. The zero-order valence-electron chi connectivity index (χ0n) is 34.4. The van der Waals surface area contributed by atoms with Gasteiger partial charge in [0.25, 0.3) is 11.8 Å². The van der Waals surface area contributed by atoms with Crippen molar-refractivity contribution in [2.24, 2.45) is 10.8 Å². The standard InChI is InChI=1S/C26H28FNO2.C25H26FNO3/c1-20(29)15-18-26(16-5-2-6-17-26)19-28-25(30)23-13-10-21(11-14-23)9-12-22-7-3-4-8-24(22)27;26-22-7-3-2-6-20(22)11-8-19-9-12-21(13-10-19)24(30)27-18-25(17-14-23(28)29)15-4-1-5-16-25/h3-4,7-8,10-11,13-14H,2,5-6,15-19H2,1H3,(H,28,30);2-3,6-7,9-10,12-13H,1,4-5,14-18H2,(H,27,30)(H,28,29). The molecule has 0 atom stereocenters. The minimum Gasteiger partial charge on any atom is -0.481 e. The fourth-order valence-corrected chi connectivity index (χ4v) is 8.00. The topological polar surface area (TPSA) is 113 Å². The van der Waals surface area contributed by atoms with Crippen molar-refractivity contribution in [3.8, 4) is 23.7 Å². The van der Waals surface area contributed by atoms with Crippen molar-refractivity contribution in [1.82, 2.24) is 10.6 Å². The number of ketones is 1. The molecule has 0 aromatic heterocycles. The quantitative estimate of drug-likeness (QED) is 0.123. The molecule has 0 aliphatic heterocycles. The highest BCUT2D eigenvalue weighted by atomic mass is 19.1. The van der Waals surface area contributed by atoms with E-state index in [1.165, 1.54) is 18.6 Å². The molecule has 0 spiro atoms. The SMILES string of the molecule is CC(=O)CCC1(CNC(=O)c2ccc(C#Cc3ccccc3F)cc2)CCCCC1.O=C(O)CCC1(CNC(=O)c2ccc(C#Cc3ccccc3F)cc2)CCCCC1. The van der Waals surface area contributed by atoms with Gasteiger partial charge in [0, 0.05) is 48.2 Å². The minimum atomic E-state index is -0.793. The maximum Gasteiger partial charge on any atom is 0.303 e. The molecule has 2 aliphatic carbocycles. The first kappa shape index (κ1) is 45.0. The van der Waals surface area contributed by atoms with Gasteiger partial charge in [-0.15, -0.1) is 0 Å². The maximum absolute atomic E-state index is 13.7. The summed E-state index contributed by atoms with van der Waals surface area (Å²) in [6.07, 6.45) is 13.0. The number of carbonyl (C=O) groups excluding carboxylic acids is 3. The summed E-state index contributed by atoms with van der Waals surface area (Å²) in [5.41, 5.74) is 3.10. The normalized spacial score (nSPS) is 15.0. The molecule has 9 heteroatoms. The van der Waals surface area contributed by atoms with Crippen molar-refractivity contribution in [1.29, 1.82) is 0 Å². The van der Waals surface area contributed by atoms with E-state index < -0.39 is 5.97 Å². The first-order valence-electron chi connectivity index (χ1n) is 21.0. The van der Waals surface area contributed by atoms with Gasteiger partial charge in [-0.2, -0.15) is 0 Å². The first-order valence-corrected chi connectivity index (χ1v) is 21.0. The van der Waals surface area contributed by atoms with Gasteiger partial charge in [-0.05, 0) is 129 Å². The van der Waals surface area contributed by atoms with E-state index in [2.05, 4.69) is 34.3 Å². The van der Waals surface area contributed by atoms with E-state index in [-0.39, 0.29) is 46.5 Å². The fourth-order valence-electron chi connectivity index (χ4n) is 8.00. The third kappa shape index (κ3) is 14.1. The van der Waals surface area contributed by atoms with Crippen LogP contribution in [0.15, 0.2) is 97.1 Å². The Kier molecular flexibility index (Phi) is 16.8. The van der Waals surface area contributed by atoms with Gasteiger partial charge < -0.3 is 20.5 Å². The fraction of sp³-hybridized carbons (Fsp3) is 0.373. The molecule has 0 radical (unpaired) electrons. The largest absolute Gasteiger partial charge is 0.481 e. The summed E-state index contributed by atoms with van der Waals surface area (Å²) < 4.78 is 27.3. The van der Waals surface area contributed by atoms with Gasteiger partial charge >= 0.3 is 5.97 Å². The summed E-state index contributed by atoms with van der Waals surface area (Å²) in [6.45, 7) is 2.73. The van der Waals surface area contributed by atoms with Crippen LogP contribution in [0, 0.1) is 46.1 Å². The third-order valence-electron chi connectivity index (χ3n) is 11.7. The summed E-state index contributed by atoms with van der Waals surface area (Å²) >= 11 is 0. The highest BCUT2D eigenvalue weighted by Crippen LogP contribution is 2.41. The van der Waals surface area contributed by atoms with Gasteiger partial charge in [0.15, 0.2) is 0 Å². The second kappa shape index (κ2) is 22.3. The average Bonchev–Trinajstić information content (AvgIpc) is 3.27. The van der Waals surface area contributed by atoms with Crippen LogP contribution < -0.4 is 10.6 Å². The number of amides is 2. The van der Waals surface area contributed by atoms with Crippen molar-refractivity contribution in [3.63, 3.8) is 0 Å². The van der Waals surface area contributed by atoms with Crippen LogP contribution in [0.5, 0.6) is 0 Å². The molecule has 3 N–H and O–H groups in total. The molecule has 2 amide bonds. The number of carboxylic acids is 1. The molecule has 0 saturated heterocycles. The zero-order chi connectivity index (χ0) is 42.8. The van der Waals surface area contributed by atoms with Gasteiger partial charge in [-0.25, -0.2) is 8.78 Å². The van der Waals surface area contributed by atoms with Crippen LogP contribution in [0.2, 0.25) is 0 Å². The Hall–Kier alpha value is -6.06. The minimum absolute atomic E-state index is 0.0325. The highest BCUT2D eigenvalue weighted by Gasteiger charge is 2.34. The van der Waals surface area contributed by atoms with Crippen LogP contribution in [0.25, 0.3) is 0 Å². The molecule has 4 aromatic carbocycles. The van der Waals surface area contributed by atoms with Gasteiger partial charge in [0.05, 0.1) is 11.1 Å². The lowest BCUT2D eigenvalue weighted by molar-refractivity contribution is -0.137. The number of Topliss-reactive ketones (excluding diaryl/α,β-unsaturated/α-hetero) is 1. The number of halogens is 2. The summed E-state index contributed by atoms with van der Waals surface area (Å²) in [6, 6.07) is 26.6. The third-order valence-corrected chi connectivity index (χ3v) is 11.7. The van der Waals surface area contributed by atoms with Gasteiger partial charge in [0.2, 0.25) is 0 Å². The van der Waals surface area contributed by atoms with E-state index in [1.807, 2.05) is 0 Å². The lowest BCUT2D eigenvalue weighted by Crippen LogP contribution is -2.39. The molecule has 60 heavy (non-hydrogen) atoms. The molecule has 2 aliphatic rings. The summed E-state index contributed by atoms with van der Waals surface area (Å²) in [5.74, 6) is 9.88. The Bertz CT molecular complexity index is 2060. The van der Waals surface area contributed by atoms with Crippen molar-refractivity contribution < 1.29 is 33.1 Å². The number of benzene rings is 4. The predicted octanol–water partition coefficient (Wildman–Crippen LogP) is 10.0. The van der Waals surface area contributed by atoms with Crippen molar-refractivity contribution in [2.45, 2.75) is 96.8 Å². The number of nitrogens with one attached hydrogen (secondary N) is 2. The van der Waals surface area contributed by atoms with Crippen molar-refractivity contribution in [3.05, 3.63) is 142 Å². The van der Waals surface area contributed by atoms with Crippen LogP contribution in [0.1, 0.15) is 140 Å². The van der Waals surface area contributed by atoms with E-state index in [0.29, 0.717) is 53.7 Å². The second-order valence-electron chi connectivity index (χ2n) is 16.2. The maximum atomic E-state index is 13.7. The number of carbonyl (C=O) groups is 4.